The number of rotatable bonds is 6. The minimum absolute atomic E-state index is 0.0297. The van der Waals surface area contributed by atoms with Crippen LogP contribution in [0.1, 0.15) is 25.1 Å². The number of aliphatic hydroxyl groups is 1. The average molecular weight is 324 g/mol. The standard InChI is InChI=1S/C14H18BrN3O/c1-2-6-18-10-16-8-14(18)13(9-19)17-12-5-3-4-11(15)7-12/h3-5,7-8,10,13,17,19H,2,6,9H2,1H3. The van der Waals surface area contributed by atoms with Crippen molar-refractivity contribution >= 4 is 21.6 Å². The van der Waals surface area contributed by atoms with Gasteiger partial charge < -0.3 is 15.0 Å². The van der Waals surface area contributed by atoms with Crippen molar-refractivity contribution in [1.82, 2.24) is 9.55 Å². The molecular weight excluding hydrogens is 306 g/mol. The molecule has 1 heterocycles. The van der Waals surface area contributed by atoms with E-state index in [0.29, 0.717) is 0 Å². The predicted molar refractivity (Wildman–Crippen MR) is 80.1 cm³/mol. The molecule has 0 saturated carbocycles. The Morgan fingerprint density at radius 3 is 3.00 bits per heavy atom. The number of imidazole rings is 1. The van der Waals surface area contributed by atoms with Crippen LogP contribution < -0.4 is 5.32 Å². The maximum absolute atomic E-state index is 9.61. The minimum Gasteiger partial charge on any atom is -0.394 e. The molecule has 102 valence electrons. The average Bonchev–Trinajstić information content (AvgIpc) is 2.85. The van der Waals surface area contributed by atoms with E-state index in [2.05, 4.69) is 37.7 Å². The van der Waals surface area contributed by atoms with Crippen LogP contribution in [0.15, 0.2) is 41.3 Å². The fourth-order valence-corrected chi connectivity index (χ4v) is 2.44. The molecule has 2 N–H and O–H groups in total. The molecule has 19 heavy (non-hydrogen) atoms. The molecule has 0 aliphatic heterocycles. The fourth-order valence-electron chi connectivity index (χ4n) is 2.04. The van der Waals surface area contributed by atoms with Crippen LogP contribution in [-0.2, 0) is 6.54 Å². The van der Waals surface area contributed by atoms with E-state index in [1.807, 2.05) is 36.8 Å². The quantitative estimate of drug-likeness (QED) is 0.858. The zero-order valence-corrected chi connectivity index (χ0v) is 12.5. The van der Waals surface area contributed by atoms with Crippen molar-refractivity contribution < 1.29 is 5.11 Å². The van der Waals surface area contributed by atoms with E-state index < -0.39 is 0 Å². The molecule has 1 aromatic heterocycles. The van der Waals surface area contributed by atoms with E-state index in [0.717, 1.165) is 28.8 Å². The molecule has 2 rings (SSSR count). The summed E-state index contributed by atoms with van der Waals surface area (Å²) in [5.74, 6) is 0. The number of benzene rings is 1. The zero-order chi connectivity index (χ0) is 13.7. The number of halogens is 1. The number of hydrogen-bond acceptors (Lipinski definition) is 3. The third-order valence-corrected chi connectivity index (χ3v) is 3.41. The molecule has 0 radical (unpaired) electrons. The lowest BCUT2D eigenvalue weighted by molar-refractivity contribution is 0.271. The Morgan fingerprint density at radius 2 is 2.32 bits per heavy atom. The van der Waals surface area contributed by atoms with Crippen molar-refractivity contribution in [2.75, 3.05) is 11.9 Å². The van der Waals surface area contributed by atoms with Gasteiger partial charge in [0.05, 0.1) is 30.9 Å². The fraction of sp³-hybridized carbons (Fsp3) is 0.357. The summed E-state index contributed by atoms with van der Waals surface area (Å²) in [5.41, 5.74) is 1.97. The van der Waals surface area contributed by atoms with Crippen molar-refractivity contribution in [3.63, 3.8) is 0 Å². The topological polar surface area (TPSA) is 50.1 Å². The monoisotopic (exact) mass is 323 g/mol. The summed E-state index contributed by atoms with van der Waals surface area (Å²) in [5, 5.41) is 12.9. The molecule has 1 unspecified atom stereocenters. The molecule has 0 fully saturated rings. The third kappa shape index (κ3) is 3.58. The summed E-state index contributed by atoms with van der Waals surface area (Å²) < 4.78 is 3.09. The number of aromatic nitrogens is 2. The van der Waals surface area contributed by atoms with Gasteiger partial charge in [0, 0.05) is 16.7 Å². The predicted octanol–water partition coefficient (Wildman–Crippen LogP) is 3.20. The zero-order valence-electron chi connectivity index (χ0n) is 10.9. The molecule has 0 saturated heterocycles. The molecule has 4 nitrogen and oxygen atoms in total. The van der Waals surface area contributed by atoms with Crippen molar-refractivity contribution in [2.45, 2.75) is 25.9 Å². The largest absolute Gasteiger partial charge is 0.394 e. The van der Waals surface area contributed by atoms with Gasteiger partial charge in [-0.3, -0.25) is 0 Å². The molecular formula is C14H18BrN3O. The second-order valence-corrected chi connectivity index (χ2v) is 5.32. The first-order chi connectivity index (χ1) is 9.24. The van der Waals surface area contributed by atoms with Gasteiger partial charge in [-0.25, -0.2) is 4.98 Å². The smallest absolute Gasteiger partial charge is 0.0948 e. The van der Waals surface area contributed by atoms with Crippen LogP contribution in [0.3, 0.4) is 0 Å². The highest BCUT2D eigenvalue weighted by Crippen LogP contribution is 2.22. The van der Waals surface area contributed by atoms with Crippen molar-refractivity contribution in [3.8, 4) is 0 Å². The van der Waals surface area contributed by atoms with Crippen molar-refractivity contribution in [3.05, 3.63) is 47.0 Å². The Hall–Kier alpha value is -1.33. The molecule has 0 bridgehead atoms. The highest BCUT2D eigenvalue weighted by atomic mass is 79.9. The van der Waals surface area contributed by atoms with E-state index in [1.165, 1.54) is 0 Å². The molecule has 5 heteroatoms. The lowest BCUT2D eigenvalue weighted by atomic mass is 10.2. The van der Waals surface area contributed by atoms with Gasteiger partial charge in [-0.1, -0.05) is 28.9 Å². The lowest BCUT2D eigenvalue weighted by Crippen LogP contribution is -2.18. The SMILES string of the molecule is CCCn1cncc1C(CO)Nc1cccc(Br)c1. The van der Waals surface area contributed by atoms with E-state index >= 15 is 0 Å². The number of aliphatic hydroxyl groups excluding tert-OH is 1. The summed E-state index contributed by atoms with van der Waals surface area (Å²) >= 11 is 3.44. The van der Waals surface area contributed by atoms with Gasteiger partial charge in [-0.15, -0.1) is 0 Å². The minimum atomic E-state index is -0.150. The normalized spacial score (nSPS) is 12.4. The first kappa shape index (κ1) is 14.1. The number of anilines is 1. The summed E-state index contributed by atoms with van der Waals surface area (Å²) in [6, 6.07) is 7.75. The summed E-state index contributed by atoms with van der Waals surface area (Å²) in [6.07, 6.45) is 4.66. The van der Waals surface area contributed by atoms with Crippen LogP contribution in [0, 0.1) is 0 Å². The second-order valence-electron chi connectivity index (χ2n) is 4.40. The number of hydrogen-bond donors (Lipinski definition) is 2. The molecule has 0 spiro atoms. The summed E-state index contributed by atoms with van der Waals surface area (Å²) in [7, 11) is 0. The van der Waals surface area contributed by atoms with Crippen LogP contribution in [0.25, 0.3) is 0 Å². The van der Waals surface area contributed by atoms with Crippen LogP contribution in [0.2, 0.25) is 0 Å². The second kappa shape index (κ2) is 6.73. The molecule has 0 aliphatic rings. The summed E-state index contributed by atoms with van der Waals surface area (Å²) in [6.45, 7) is 3.06. The lowest BCUT2D eigenvalue weighted by Gasteiger charge is -2.19. The first-order valence-electron chi connectivity index (χ1n) is 6.37. The molecule has 0 aliphatic carbocycles. The van der Waals surface area contributed by atoms with Gasteiger partial charge in [0.1, 0.15) is 0 Å². The van der Waals surface area contributed by atoms with Crippen LogP contribution in [0.5, 0.6) is 0 Å². The number of nitrogens with one attached hydrogen (secondary N) is 1. The van der Waals surface area contributed by atoms with E-state index in [-0.39, 0.29) is 12.6 Å². The first-order valence-corrected chi connectivity index (χ1v) is 7.17. The van der Waals surface area contributed by atoms with Gasteiger partial charge in [-0.05, 0) is 24.6 Å². The highest BCUT2D eigenvalue weighted by molar-refractivity contribution is 9.10. The van der Waals surface area contributed by atoms with Crippen LogP contribution in [0.4, 0.5) is 5.69 Å². The third-order valence-electron chi connectivity index (χ3n) is 2.91. The molecule has 2 aromatic rings. The van der Waals surface area contributed by atoms with Gasteiger partial charge in [0.25, 0.3) is 0 Å². The molecule has 1 aromatic carbocycles. The van der Waals surface area contributed by atoms with Crippen LogP contribution in [-0.4, -0.2) is 21.3 Å². The maximum atomic E-state index is 9.61. The highest BCUT2D eigenvalue weighted by Gasteiger charge is 2.14. The Balaban J connectivity index is 2.18. The Bertz CT molecular complexity index is 527. The van der Waals surface area contributed by atoms with Crippen molar-refractivity contribution in [1.29, 1.82) is 0 Å². The van der Waals surface area contributed by atoms with E-state index in [9.17, 15) is 5.11 Å². The Kier molecular flexibility index (Phi) is 4.99. The Labute approximate surface area is 121 Å². The van der Waals surface area contributed by atoms with E-state index in [4.69, 9.17) is 0 Å². The number of nitrogens with zero attached hydrogens (tertiary/aromatic N) is 2. The van der Waals surface area contributed by atoms with Gasteiger partial charge in [0.15, 0.2) is 0 Å². The summed E-state index contributed by atoms with van der Waals surface area (Å²) in [4.78, 5) is 4.17. The van der Waals surface area contributed by atoms with E-state index in [1.54, 1.807) is 0 Å². The molecule has 1 atom stereocenters. The van der Waals surface area contributed by atoms with Gasteiger partial charge in [-0.2, -0.15) is 0 Å². The van der Waals surface area contributed by atoms with Gasteiger partial charge >= 0.3 is 0 Å². The maximum Gasteiger partial charge on any atom is 0.0948 e. The van der Waals surface area contributed by atoms with Crippen molar-refractivity contribution in [2.24, 2.45) is 0 Å². The Morgan fingerprint density at radius 1 is 1.47 bits per heavy atom. The van der Waals surface area contributed by atoms with Crippen LogP contribution >= 0.6 is 15.9 Å². The molecule has 0 amide bonds. The van der Waals surface area contributed by atoms with Gasteiger partial charge in [0.2, 0.25) is 0 Å². The number of aryl methyl sites for hydroxylation is 1.